The number of nitrogens with two attached hydrogens (primary N) is 1. The van der Waals surface area contributed by atoms with E-state index in [1.807, 2.05) is 18.3 Å². The zero-order valence-corrected chi connectivity index (χ0v) is 6.04. The van der Waals surface area contributed by atoms with Crippen LogP contribution in [0.15, 0.2) is 24.5 Å². The van der Waals surface area contributed by atoms with Gasteiger partial charge in [0.25, 0.3) is 0 Å². The van der Waals surface area contributed by atoms with Gasteiger partial charge in [0, 0.05) is 24.3 Å². The molecule has 0 aliphatic heterocycles. The Morgan fingerprint density at radius 3 is 3.27 bits per heavy atom. The second-order valence-electron chi connectivity index (χ2n) is 2.46. The van der Waals surface area contributed by atoms with E-state index in [1.165, 1.54) is 0 Å². The van der Waals surface area contributed by atoms with Crippen molar-refractivity contribution >= 4 is 11.0 Å². The Kier molecular flexibility index (Phi) is 1.36. The van der Waals surface area contributed by atoms with E-state index in [9.17, 15) is 0 Å². The van der Waals surface area contributed by atoms with Gasteiger partial charge in [-0.15, -0.1) is 0 Å². The maximum atomic E-state index is 5.46. The lowest BCUT2D eigenvalue weighted by atomic mass is 10.2. The summed E-state index contributed by atoms with van der Waals surface area (Å²) in [6, 6.07) is 4.03. The van der Waals surface area contributed by atoms with E-state index in [0.717, 1.165) is 16.6 Å². The van der Waals surface area contributed by atoms with Gasteiger partial charge in [0.05, 0.1) is 0 Å². The van der Waals surface area contributed by atoms with E-state index >= 15 is 0 Å². The van der Waals surface area contributed by atoms with E-state index in [2.05, 4.69) is 9.97 Å². The summed E-state index contributed by atoms with van der Waals surface area (Å²) >= 11 is 0. The molecule has 0 saturated heterocycles. The smallest absolute Gasteiger partial charge is 0.137 e. The average molecular weight is 147 g/mol. The van der Waals surface area contributed by atoms with Crippen LogP contribution in [0.3, 0.4) is 0 Å². The summed E-state index contributed by atoms with van der Waals surface area (Å²) in [6.07, 6.45) is 3.66. The molecule has 2 heterocycles. The fraction of sp³-hybridized carbons (Fsp3) is 0.125. The van der Waals surface area contributed by atoms with Gasteiger partial charge >= 0.3 is 0 Å². The number of hydrogen-bond acceptors (Lipinski definition) is 2. The van der Waals surface area contributed by atoms with Gasteiger partial charge in [-0.3, -0.25) is 0 Å². The van der Waals surface area contributed by atoms with Crippen molar-refractivity contribution in [3.63, 3.8) is 0 Å². The average Bonchev–Trinajstić information content (AvgIpc) is 2.50. The number of nitrogens with zero attached hydrogens (tertiary/aromatic N) is 1. The second-order valence-corrected chi connectivity index (χ2v) is 2.46. The lowest BCUT2D eigenvalue weighted by Crippen LogP contribution is -1.96. The first kappa shape index (κ1) is 6.37. The Morgan fingerprint density at radius 2 is 2.45 bits per heavy atom. The summed E-state index contributed by atoms with van der Waals surface area (Å²) in [4.78, 5) is 7.20. The van der Waals surface area contributed by atoms with Crippen molar-refractivity contribution in [2.45, 2.75) is 6.54 Å². The van der Waals surface area contributed by atoms with Crippen molar-refractivity contribution in [3.8, 4) is 0 Å². The number of rotatable bonds is 1. The summed E-state index contributed by atoms with van der Waals surface area (Å²) in [7, 11) is 0. The zero-order valence-electron chi connectivity index (χ0n) is 6.04. The quantitative estimate of drug-likeness (QED) is 0.632. The predicted octanol–water partition coefficient (Wildman–Crippen LogP) is 1.02. The largest absolute Gasteiger partial charge is 0.346 e. The second kappa shape index (κ2) is 2.36. The van der Waals surface area contributed by atoms with E-state index in [1.54, 1.807) is 6.20 Å². The molecule has 3 N–H and O–H groups in total. The molecule has 0 spiro atoms. The molecule has 0 fully saturated rings. The summed E-state index contributed by atoms with van der Waals surface area (Å²) < 4.78 is 0. The lowest BCUT2D eigenvalue weighted by Gasteiger charge is -1.94. The van der Waals surface area contributed by atoms with Gasteiger partial charge < -0.3 is 10.7 Å². The van der Waals surface area contributed by atoms with Crippen LogP contribution in [-0.2, 0) is 6.54 Å². The fourth-order valence-corrected chi connectivity index (χ4v) is 1.10. The SMILES string of the molecule is NCc1cnc2[nH]ccc2c1. The van der Waals surface area contributed by atoms with Crippen LogP contribution in [0.4, 0.5) is 0 Å². The van der Waals surface area contributed by atoms with Crippen molar-refractivity contribution < 1.29 is 0 Å². The van der Waals surface area contributed by atoms with Crippen LogP contribution < -0.4 is 5.73 Å². The highest BCUT2D eigenvalue weighted by atomic mass is 14.8. The topological polar surface area (TPSA) is 54.7 Å². The molecule has 0 saturated carbocycles. The van der Waals surface area contributed by atoms with Crippen LogP contribution in [0.1, 0.15) is 5.56 Å². The molecule has 0 aromatic carbocycles. The highest BCUT2D eigenvalue weighted by molar-refractivity contribution is 5.75. The lowest BCUT2D eigenvalue weighted by molar-refractivity contribution is 1.06. The first-order valence-corrected chi connectivity index (χ1v) is 3.52. The van der Waals surface area contributed by atoms with Gasteiger partial charge in [0.1, 0.15) is 5.65 Å². The molecule has 2 aromatic heterocycles. The number of aromatic nitrogens is 2. The Morgan fingerprint density at radius 1 is 1.55 bits per heavy atom. The van der Waals surface area contributed by atoms with Crippen LogP contribution in [0.5, 0.6) is 0 Å². The highest BCUT2D eigenvalue weighted by Gasteiger charge is 1.95. The van der Waals surface area contributed by atoms with Crippen LogP contribution in [-0.4, -0.2) is 9.97 Å². The molecule has 0 atom stereocenters. The third kappa shape index (κ3) is 0.991. The van der Waals surface area contributed by atoms with Crippen LogP contribution in [0, 0.1) is 0 Å². The van der Waals surface area contributed by atoms with Crippen molar-refractivity contribution in [3.05, 3.63) is 30.1 Å². The first-order valence-electron chi connectivity index (χ1n) is 3.52. The number of pyridine rings is 1. The molecular formula is C8H9N3. The summed E-state index contributed by atoms with van der Waals surface area (Å²) in [5.74, 6) is 0. The molecule has 0 bridgehead atoms. The Labute approximate surface area is 64.2 Å². The minimum atomic E-state index is 0.550. The van der Waals surface area contributed by atoms with Crippen molar-refractivity contribution in [1.29, 1.82) is 0 Å². The van der Waals surface area contributed by atoms with E-state index < -0.39 is 0 Å². The van der Waals surface area contributed by atoms with Crippen molar-refractivity contribution in [2.75, 3.05) is 0 Å². The van der Waals surface area contributed by atoms with Gasteiger partial charge in [-0.25, -0.2) is 4.98 Å². The molecule has 2 rings (SSSR count). The Hall–Kier alpha value is -1.35. The van der Waals surface area contributed by atoms with Crippen LogP contribution >= 0.6 is 0 Å². The third-order valence-corrected chi connectivity index (χ3v) is 1.69. The molecule has 56 valence electrons. The summed E-state index contributed by atoms with van der Waals surface area (Å²) in [5.41, 5.74) is 7.44. The number of nitrogens with one attached hydrogen (secondary N) is 1. The van der Waals surface area contributed by atoms with Crippen LogP contribution in [0.25, 0.3) is 11.0 Å². The highest BCUT2D eigenvalue weighted by Crippen LogP contribution is 2.10. The van der Waals surface area contributed by atoms with Crippen LogP contribution in [0.2, 0.25) is 0 Å². The molecule has 0 radical (unpaired) electrons. The molecule has 0 amide bonds. The number of aromatic amines is 1. The van der Waals surface area contributed by atoms with Gasteiger partial charge in [-0.05, 0) is 17.7 Å². The molecule has 0 unspecified atom stereocenters. The third-order valence-electron chi connectivity index (χ3n) is 1.69. The number of hydrogen-bond donors (Lipinski definition) is 2. The summed E-state index contributed by atoms with van der Waals surface area (Å²) in [5, 5.41) is 1.12. The molecule has 0 aliphatic carbocycles. The van der Waals surface area contributed by atoms with E-state index in [4.69, 9.17) is 5.73 Å². The number of H-pyrrole nitrogens is 1. The van der Waals surface area contributed by atoms with E-state index in [0.29, 0.717) is 6.54 Å². The number of fused-ring (bicyclic) bond motifs is 1. The van der Waals surface area contributed by atoms with Gasteiger partial charge in [-0.1, -0.05) is 0 Å². The first-order chi connectivity index (χ1) is 5.40. The molecule has 3 nitrogen and oxygen atoms in total. The molecular weight excluding hydrogens is 138 g/mol. The van der Waals surface area contributed by atoms with Crippen molar-refractivity contribution in [1.82, 2.24) is 9.97 Å². The van der Waals surface area contributed by atoms with Gasteiger partial charge in [0.15, 0.2) is 0 Å². The molecule has 11 heavy (non-hydrogen) atoms. The molecule has 3 heteroatoms. The molecule has 2 aromatic rings. The zero-order chi connectivity index (χ0) is 7.68. The minimum absolute atomic E-state index is 0.550. The summed E-state index contributed by atoms with van der Waals surface area (Å²) in [6.45, 7) is 0.550. The normalized spacial score (nSPS) is 10.6. The monoisotopic (exact) mass is 147 g/mol. The van der Waals surface area contributed by atoms with Crippen molar-refractivity contribution in [2.24, 2.45) is 5.73 Å². The maximum Gasteiger partial charge on any atom is 0.137 e. The Bertz CT molecular complexity index is 364. The maximum absolute atomic E-state index is 5.46. The fourth-order valence-electron chi connectivity index (χ4n) is 1.10. The van der Waals surface area contributed by atoms with Gasteiger partial charge in [0.2, 0.25) is 0 Å². The minimum Gasteiger partial charge on any atom is -0.346 e. The molecule has 0 aliphatic rings. The predicted molar refractivity (Wildman–Crippen MR) is 44.0 cm³/mol. The Balaban J connectivity index is 2.67. The standard InChI is InChI=1S/C8H9N3/c9-4-6-3-7-1-2-10-8(7)11-5-6/h1-3,5H,4,9H2,(H,10,11). The van der Waals surface area contributed by atoms with E-state index in [-0.39, 0.29) is 0 Å². The van der Waals surface area contributed by atoms with Gasteiger partial charge in [-0.2, -0.15) is 0 Å².